The second kappa shape index (κ2) is 5.31. The van der Waals surface area contributed by atoms with Gasteiger partial charge in [0.05, 0.1) is 23.1 Å². The van der Waals surface area contributed by atoms with Crippen LogP contribution in [0.3, 0.4) is 0 Å². The van der Waals surface area contributed by atoms with Gasteiger partial charge in [-0.1, -0.05) is 11.8 Å². The van der Waals surface area contributed by atoms with Gasteiger partial charge in [0.1, 0.15) is 5.60 Å². The Hall–Kier alpha value is -2.02. The fourth-order valence-electron chi connectivity index (χ4n) is 2.22. The molecular weight excluding hydrogens is 300 g/mol. The van der Waals surface area contributed by atoms with Crippen LogP contribution in [-0.2, 0) is 4.74 Å². The molecule has 2 aromatic rings. The molecule has 0 spiro atoms. The number of aliphatic imine (C=N–C) groups is 1. The highest BCUT2D eigenvalue weighted by Gasteiger charge is 2.21. The fourth-order valence-corrected chi connectivity index (χ4v) is 3.09. The van der Waals surface area contributed by atoms with Crippen molar-refractivity contribution in [2.75, 3.05) is 18.0 Å². The molecule has 116 valence electrons. The first-order valence-electron chi connectivity index (χ1n) is 7.04. The van der Waals surface area contributed by atoms with E-state index >= 15 is 0 Å². The third-order valence-electron chi connectivity index (χ3n) is 3.08. The molecule has 7 heteroatoms. The van der Waals surface area contributed by atoms with Crippen LogP contribution < -0.4 is 5.73 Å². The molecule has 1 aromatic carbocycles. The van der Waals surface area contributed by atoms with Gasteiger partial charge in [-0.25, -0.2) is 9.78 Å². The summed E-state index contributed by atoms with van der Waals surface area (Å²) in [6.07, 6.45) is 0. The van der Waals surface area contributed by atoms with Crippen LogP contribution >= 0.6 is 11.8 Å². The first kappa shape index (κ1) is 14.9. The first-order valence-corrected chi connectivity index (χ1v) is 8.03. The van der Waals surface area contributed by atoms with Crippen LogP contribution in [0.25, 0.3) is 11.0 Å². The van der Waals surface area contributed by atoms with E-state index in [4.69, 9.17) is 10.5 Å². The molecule has 0 atom stereocenters. The molecule has 0 saturated carbocycles. The van der Waals surface area contributed by atoms with Crippen molar-refractivity contribution in [3.05, 3.63) is 23.8 Å². The third-order valence-corrected chi connectivity index (χ3v) is 4.03. The number of thioether (sulfide) groups is 1. The molecule has 3 rings (SSSR count). The highest BCUT2D eigenvalue weighted by atomic mass is 32.2. The van der Waals surface area contributed by atoms with Crippen LogP contribution in [0.5, 0.6) is 0 Å². The molecule has 0 bridgehead atoms. The van der Waals surface area contributed by atoms with Crippen LogP contribution in [0.2, 0.25) is 0 Å². The van der Waals surface area contributed by atoms with Gasteiger partial charge in [0, 0.05) is 5.75 Å². The van der Waals surface area contributed by atoms with Crippen LogP contribution in [0, 0.1) is 0 Å². The molecule has 0 saturated heterocycles. The molecule has 0 unspecified atom stereocenters. The third kappa shape index (κ3) is 2.81. The van der Waals surface area contributed by atoms with Crippen molar-refractivity contribution < 1.29 is 9.53 Å². The molecular formula is C15H18N4O2S. The van der Waals surface area contributed by atoms with Gasteiger partial charge in [-0.3, -0.25) is 9.56 Å². The molecule has 22 heavy (non-hydrogen) atoms. The Bertz CT molecular complexity index is 774. The van der Waals surface area contributed by atoms with E-state index in [0.29, 0.717) is 17.0 Å². The normalized spacial score (nSPS) is 15.1. The van der Waals surface area contributed by atoms with Crippen molar-refractivity contribution in [3.8, 4) is 0 Å². The topological polar surface area (TPSA) is 82.5 Å². The van der Waals surface area contributed by atoms with Gasteiger partial charge < -0.3 is 10.5 Å². The zero-order valence-electron chi connectivity index (χ0n) is 12.8. The standard InChI is InChI=1S/C15H18N4O2S/c1-15(2,3)21-12(20)9-4-5-11-10(8-9)18-13(16)19(11)14-17-6-7-22-14/h4-5,8H,6-7H2,1-3H3,(H2,16,18). The first-order chi connectivity index (χ1) is 10.3. The van der Waals surface area contributed by atoms with Crippen molar-refractivity contribution in [1.29, 1.82) is 0 Å². The number of nitrogen functional groups attached to an aromatic ring is 1. The van der Waals surface area contributed by atoms with E-state index in [1.165, 1.54) is 0 Å². The van der Waals surface area contributed by atoms with Crippen molar-refractivity contribution in [2.24, 2.45) is 4.99 Å². The van der Waals surface area contributed by atoms with Crippen LogP contribution in [0.1, 0.15) is 31.1 Å². The van der Waals surface area contributed by atoms with Gasteiger partial charge in [0.2, 0.25) is 5.95 Å². The van der Waals surface area contributed by atoms with E-state index < -0.39 is 5.60 Å². The molecule has 6 nitrogen and oxygen atoms in total. The lowest BCUT2D eigenvalue weighted by molar-refractivity contribution is 0.00697. The number of nitrogens with two attached hydrogens (primary N) is 1. The Morgan fingerprint density at radius 1 is 1.41 bits per heavy atom. The van der Waals surface area contributed by atoms with Gasteiger partial charge in [0.25, 0.3) is 0 Å². The van der Waals surface area contributed by atoms with Crippen molar-refractivity contribution in [1.82, 2.24) is 9.55 Å². The number of anilines is 1. The molecule has 1 aliphatic rings. The number of benzene rings is 1. The van der Waals surface area contributed by atoms with Gasteiger partial charge in [-0.15, -0.1) is 0 Å². The second-order valence-electron chi connectivity index (χ2n) is 6.02. The fraction of sp³-hybridized carbons (Fsp3) is 0.400. The SMILES string of the molecule is CC(C)(C)OC(=O)c1ccc2c(c1)nc(N)n2C1=NCCS1. The van der Waals surface area contributed by atoms with Crippen molar-refractivity contribution in [3.63, 3.8) is 0 Å². The van der Waals surface area contributed by atoms with Crippen LogP contribution in [-0.4, -0.2) is 38.6 Å². The molecule has 2 N–H and O–H groups in total. The lowest BCUT2D eigenvalue weighted by atomic mass is 10.1. The second-order valence-corrected chi connectivity index (χ2v) is 7.09. The van der Waals surface area contributed by atoms with E-state index in [1.54, 1.807) is 23.9 Å². The number of hydrogen-bond acceptors (Lipinski definition) is 6. The summed E-state index contributed by atoms with van der Waals surface area (Å²) in [4.78, 5) is 20.9. The Labute approximate surface area is 132 Å². The summed E-state index contributed by atoms with van der Waals surface area (Å²) in [6, 6.07) is 5.27. The number of aromatic nitrogens is 2. The minimum atomic E-state index is -0.528. The summed E-state index contributed by atoms with van der Waals surface area (Å²) in [5.41, 5.74) is 7.45. The Morgan fingerprint density at radius 3 is 2.82 bits per heavy atom. The van der Waals surface area contributed by atoms with Crippen molar-refractivity contribution in [2.45, 2.75) is 26.4 Å². The van der Waals surface area contributed by atoms with E-state index in [0.717, 1.165) is 23.0 Å². The van der Waals surface area contributed by atoms with Gasteiger partial charge in [-0.2, -0.15) is 0 Å². The number of fused-ring (bicyclic) bond motifs is 1. The number of carbonyl (C=O) groups excluding carboxylic acids is 1. The summed E-state index contributed by atoms with van der Waals surface area (Å²) in [6.45, 7) is 6.30. The zero-order valence-corrected chi connectivity index (χ0v) is 13.6. The highest BCUT2D eigenvalue weighted by molar-refractivity contribution is 8.14. The van der Waals surface area contributed by atoms with Crippen molar-refractivity contribution >= 4 is 39.9 Å². The Balaban J connectivity index is 2.00. The Morgan fingerprint density at radius 2 is 2.18 bits per heavy atom. The minimum Gasteiger partial charge on any atom is -0.456 e. The predicted molar refractivity (Wildman–Crippen MR) is 89.5 cm³/mol. The maximum Gasteiger partial charge on any atom is 0.338 e. The van der Waals surface area contributed by atoms with E-state index in [-0.39, 0.29) is 5.97 Å². The smallest absolute Gasteiger partial charge is 0.338 e. The van der Waals surface area contributed by atoms with E-state index in [9.17, 15) is 4.79 Å². The van der Waals surface area contributed by atoms with Gasteiger partial charge in [-0.05, 0) is 39.0 Å². The number of nitrogens with zero attached hydrogens (tertiary/aromatic N) is 3. The molecule has 2 heterocycles. The number of esters is 1. The molecule has 1 aromatic heterocycles. The maximum atomic E-state index is 12.1. The largest absolute Gasteiger partial charge is 0.456 e. The molecule has 0 fully saturated rings. The van der Waals surface area contributed by atoms with Gasteiger partial charge >= 0.3 is 5.97 Å². The quantitative estimate of drug-likeness (QED) is 0.817. The summed E-state index contributed by atoms with van der Waals surface area (Å²) in [7, 11) is 0. The van der Waals surface area contributed by atoms with Gasteiger partial charge in [0.15, 0.2) is 5.17 Å². The predicted octanol–water partition coefficient (Wildman–Crippen LogP) is 2.52. The summed E-state index contributed by atoms with van der Waals surface area (Å²) in [5, 5.41) is 0.852. The average molecular weight is 318 g/mol. The lowest BCUT2D eigenvalue weighted by Gasteiger charge is -2.19. The lowest BCUT2D eigenvalue weighted by Crippen LogP contribution is -2.23. The minimum absolute atomic E-state index is 0.366. The summed E-state index contributed by atoms with van der Waals surface area (Å²) < 4.78 is 7.20. The van der Waals surface area contributed by atoms with Crippen LogP contribution in [0.15, 0.2) is 23.2 Å². The number of hydrogen-bond donors (Lipinski definition) is 1. The Kier molecular flexibility index (Phi) is 3.60. The molecule has 0 amide bonds. The molecule has 0 radical (unpaired) electrons. The highest BCUT2D eigenvalue weighted by Crippen LogP contribution is 2.25. The number of ether oxygens (including phenoxy) is 1. The molecule has 0 aliphatic carbocycles. The monoisotopic (exact) mass is 318 g/mol. The van der Waals surface area contributed by atoms with E-state index in [2.05, 4.69) is 9.98 Å². The van der Waals surface area contributed by atoms with Crippen LogP contribution in [0.4, 0.5) is 5.95 Å². The average Bonchev–Trinajstić information content (AvgIpc) is 3.01. The molecule has 1 aliphatic heterocycles. The summed E-state index contributed by atoms with van der Waals surface area (Å²) in [5.74, 6) is 0.962. The zero-order chi connectivity index (χ0) is 15.9. The number of carbonyl (C=O) groups is 1. The maximum absolute atomic E-state index is 12.1. The van der Waals surface area contributed by atoms with E-state index in [1.807, 2.05) is 31.4 Å². The number of rotatable bonds is 1. The summed E-state index contributed by atoms with van der Waals surface area (Å²) >= 11 is 1.65. The number of imidazole rings is 1.